The molecule has 1 atom stereocenters. The van der Waals surface area contributed by atoms with Gasteiger partial charge in [-0.3, -0.25) is 14.6 Å². The third kappa shape index (κ3) is 4.84. The molecule has 2 aliphatic rings. The lowest BCUT2D eigenvalue weighted by molar-refractivity contribution is -0.117. The molecule has 2 fully saturated rings. The molecule has 0 radical (unpaired) electrons. The van der Waals surface area contributed by atoms with Gasteiger partial charge in [0.25, 0.3) is 0 Å². The molecule has 3 rings (SSSR count). The van der Waals surface area contributed by atoms with Gasteiger partial charge in [-0.15, -0.1) is 0 Å². The van der Waals surface area contributed by atoms with Crippen molar-refractivity contribution in [3.05, 3.63) is 18.2 Å². The number of ether oxygens (including phenoxy) is 2. The summed E-state index contributed by atoms with van der Waals surface area (Å²) >= 11 is 0. The smallest absolute Gasteiger partial charge is 0.238 e. The van der Waals surface area contributed by atoms with Gasteiger partial charge >= 0.3 is 0 Å². The van der Waals surface area contributed by atoms with E-state index in [4.69, 9.17) is 9.47 Å². The number of benzene rings is 1. The third-order valence-corrected chi connectivity index (χ3v) is 4.96. The summed E-state index contributed by atoms with van der Waals surface area (Å²) in [5.74, 6) is 1.31. The Kier molecular flexibility index (Phi) is 6.12. The van der Waals surface area contributed by atoms with Crippen LogP contribution in [0.4, 0.5) is 5.69 Å². The van der Waals surface area contributed by atoms with Crippen molar-refractivity contribution in [2.45, 2.75) is 12.5 Å². The summed E-state index contributed by atoms with van der Waals surface area (Å²) in [6.07, 6.45) is 1.23. The SMILES string of the molecule is COc1cc(NC(=O)CN2CCN([C@@H]3CCNC3)CC2)cc(OC)c1. The lowest BCUT2D eigenvalue weighted by Gasteiger charge is -2.37. The van der Waals surface area contributed by atoms with Crippen molar-refractivity contribution in [2.75, 3.05) is 65.3 Å². The first kappa shape index (κ1) is 18.0. The quantitative estimate of drug-likeness (QED) is 0.786. The normalized spacial score (nSPS) is 21.9. The Morgan fingerprint density at radius 3 is 2.40 bits per heavy atom. The summed E-state index contributed by atoms with van der Waals surface area (Å²) in [5, 5.41) is 6.36. The third-order valence-electron chi connectivity index (χ3n) is 4.96. The van der Waals surface area contributed by atoms with Crippen LogP contribution in [0.1, 0.15) is 6.42 Å². The molecule has 138 valence electrons. The molecule has 1 aromatic carbocycles. The van der Waals surface area contributed by atoms with Crippen LogP contribution in [0.5, 0.6) is 11.5 Å². The molecule has 7 nitrogen and oxygen atoms in total. The van der Waals surface area contributed by atoms with Crippen LogP contribution in [-0.2, 0) is 4.79 Å². The van der Waals surface area contributed by atoms with E-state index in [0.29, 0.717) is 29.8 Å². The zero-order valence-electron chi connectivity index (χ0n) is 15.1. The van der Waals surface area contributed by atoms with E-state index in [1.807, 2.05) is 0 Å². The van der Waals surface area contributed by atoms with E-state index in [0.717, 1.165) is 39.3 Å². The topological polar surface area (TPSA) is 66.1 Å². The van der Waals surface area contributed by atoms with Gasteiger partial charge in [-0.1, -0.05) is 0 Å². The van der Waals surface area contributed by atoms with E-state index in [-0.39, 0.29) is 5.91 Å². The van der Waals surface area contributed by atoms with Gasteiger partial charge in [0, 0.05) is 62.7 Å². The van der Waals surface area contributed by atoms with Crippen LogP contribution in [0.2, 0.25) is 0 Å². The fourth-order valence-corrected chi connectivity index (χ4v) is 3.52. The van der Waals surface area contributed by atoms with E-state index in [9.17, 15) is 4.79 Å². The predicted octanol–water partition coefficient (Wildman–Crippen LogP) is 0.622. The highest BCUT2D eigenvalue weighted by Gasteiger charge is 2.26. The van der Waals surface area contributed by atoms with Gasteiger partial charge in [-0.2, -0.15) is 0 Å². The van der Waals surface area contributed by atoms with E-state index in [1.165, 1.54) is 6.42 Å². The largest absolute Gasteiger partial charge is 0.497 e. The lowest BCUT2D eigenvalue weighted by atomic mass is 10.2. The lowest BCUT2D eigenvalue weighted by Crippen LogP contribution is -2.52. The van der Waals surface area contributed by atoms with Crippen molar-refractivity contribution in [1.82, 2.24) is 15.1 Å². The molecule has 2 heterocycles. The first-order valence-corrected chi connectivity index (χ1v) is 8.88. The first-order valence-electron chi connectivity index (χ1n) is 8.88. The summed E-state index contributed by atoms with van der Waals surface area (Å²) in [6, 6.07) is 6.05. The number of nitrogens with zero attached hydrogens (tertiary/aromatic N) is 2. The minimum absolute atomic E-state index is 0.00807. The summed E-state index contributed by atoms with van der Waals surface area (Å²) in [5.41, 5.74) is 0.692. The molecule has 0 aliphatic carbocycles. The maximum atomic E-state index is 12.4. The molecule has 7 heteroatoms. The van der Waals surface area contributed by atoms with E-state index < -0.39 is 0 Å². The minimum atomic E-state index is -0.00807. The number of rotatable bonds is 6. The second-order valence-corrected chi connectivity index (χ2v) is 6.61. The molecule has 1 amide bonds. The van der Waals surface area contributed by atoms with Crippen molar-refractivity contribution < 1.29 is 14.3 Å². The zero-order valence-corrected chi connectivity index (χ0v) is 15.1. The number of amides is 1. The molecule has 2 aliphatic heterocycles. The van der Waals surface area contributed by atoms with Crippen LogP contribution in [0, 0.1) is 0 Å². The van der Waals surface area contributed by atoms with Crippen LogP contribution >= 0.6 is 0 Å². The van der Waals surface area contributed by atoms with Gasteiger partial charge in [-0.05, 0) is 13.0 Å². The van der Waals surface area contributed by atoms with Gasteiger partial charge < -0.3 is 20.1 Å². The highest BCUT2D eigenvalue weighted by Crippen LogP contribution is 2.25. The van der Waals surface area contributed by atoms with Gasteiger partial charge in [0.15, 0.2) is 0 Å². The minimum Gasteiger partial charge on any atom is -0.497 e. The Bertz CT molecular complexity index is 559. The highest BCUT2D eigenvalue weighted by molar-refractivity contribution is 5.92. The summed E-state index contributed by atoms with van der Waals surface area (Å²) in [6.45, 7) is 6.57. The van der Waals surface area contributed by atoms with Crippen molar-refractivity contribution in [3.8, 4) is 11.5 Å². The maximum Gasteiger partial charge on any atom is 0.238 e. The zero-order chi connectivity index (χ0) is 17.6. The molecule has 1 aromatic rings. The maximum absolute atomic E-state index is 12.4. The van der Waals surface area contributed by atoms with E-state index in [2.05, 4.69) is 20.4 Å². The predicted molar refractivity (Wildman–Crippen MR) is 97.5 cm³/mol. The molecule has 0 bridgehead atoms. The number of carbonyl (C=O) groups excluding carboxylic acids is 1. The molecule has 0 saturated carbocycles. The van der Waals surface area contributed by atoms with Gasteiger partial charge in [0.2, 0.25) is 5.91 Å². The van der Waals surface area contributed by atoms with E-state index >= 15 is 0 Å². The monoisotopic (exact) mass is 348 g/mol. The Labute approximate surface area is 149 Å². The summed E-state index contributed by atoms with van der Waals surface area (Å²) in [7, 11) is 3.19. The number of carbonyl (C=O) groups is 1. The van der Waals surface area contributed by atoms with E-state index in [1.54, 1.807) is 32.4 Å². The van der Waals surface area contributed by atoms with Gasteiger partial charge in [-0.25, -0.2) is 0 Å². The first-order chi connectivity index (χ1) is 12.2. The van der Waals surface area contributed by atoms with Crippen LogP contribution in [0.15, 0.2) is 18.2 Å². The van der Waals surface area contributed by atoms with Crippen molar-refractivity contribution in [1.29, 1.82) is 0 Å². The number of hydrogen-bond acceptors (Lipinski definition) is 6. The van der Waals surface area contributed by atoms with Crippen molar-refractivity contribution >= 4 is 11.6 Å². The Balaban J connectivity index is 1.48. The van der Waals surface area contributed by atoms with Crippen LogP contribution < -0.4 is 20.1 Å². The van der Waals surface area contributed by atoms with Crippen LogP contribution in [0.25, 0.3) is 0 Å². The average molecular weight is 348 g/mol. The number of nitrogens with one attached hydrogen (secondary N) is 2. The summed E-state index contributed by atoms with van der Waals surface area (Å²) in [4.78, 5) is 17.1. The van der Waals surface area contributed by atoms with Gasteiger partial charge in [0.1, 0.15) is 11.5 Å². The molecule has 0 spiro atoms. The standard InChI is InChI=1S/C18H28N4O3/c1-24-16-9-14(10-17(11-16)25-2)20-18(23)13-21-5-7-22(8-6-21)15-3-4-19-12-15/h9-11,15,19H,3-8,12-13H2,1-2H3,(H,20,23)/t15-/m1/s1. The highest BCUT2D eigenvalue weighted by atomic mass is 16.5. The molecule has 2 N–H and O–H groups in total. The molecule has 25 heavy (non-hydrogen) atoms. The molecular weight excluding hydrogens is 320 g/mol. The molecular formula is C18H28N4O3. The van der Waals surface area contributed by atoms with Crippen molar-refractivity contribution in [2.24, 2.45) is 0 Å². The second kappa shape index (κ2) is 8.51. The van der Waals surface area contributed by atoms with Gasteiger partial charge in [0.05, 0.1) is 20.8 Å². The number of anilines is 1. The number of methoxy groups -OCH3 is 2. The average Bonchev–Trinajstić information content (AvgIpc) is 3.16. The fraction of sp³-hybridized carbons (Fsp3) is 0.611. The Hall–Kier alpha value is -1.83. The van der Waals surface area contributed by atoms with Crippen LogP contribution in [0.3, 0.4) is 0 Å². The number of piperazine rings is 1. The summed E-state index contributed by atoms with van der Waals surface area (Å²) < 4.78 is 10.5. The number of hydrogen-bond donors (Lipinski definition) is 2. The molecule has 0 aromatic heterocycles. The van der Waals surface area contributed by atoms with Crippen molar-refractivity contribution in [3.63, 3.8) is 0 Å². The molecule has 2 saturated heterocycles. The second-order valence-electron chi connectivity index (χ2n) is 6.61. The molecule has 0 unspecified atom stereocenters. The fourth-order valence-electron chi connectivity index (χ4n) is 3.52. The Morgan fingerprint density at radius 1 is 1.16 bits per heavy atom. The van der Waals surface area contributed by atoms with Crippen LogP contribution in [-0.4, -0.2) is 81.8 Å². The Morgan fingerprint density at radius 2 is 1.84 bits per heavy atom.